The Bertz CT molecular complexity index is 881. The van der Waals surface area contributed by atoms with Gasteiger partial charge in [-0.15, -0.1) is 0 Å². The second kappa shape index (κ2) is 7.80. The van der Waals surface area contributed by atoms with Crippen LogP contribution in [0.1, 0.15) is 12.0 Å². The van der Waals surface area contributed by atoms with Crippen LogP contribution in [0.4, 0.5) is 5.69 Å². The Kier molecular flexibility index (Phi) is 5.06. The average molecular weight is 382 g/mol. The Hall–Kier alpha value is -3.22. The smallest absolute Gasteiger partial charge is 0.257 e. The molecule has 1 atom stereocenters. The Morgan fingerprint density at radius 2 is 1.96 bits per heavy atom. The summed E-state index contributed by atoms with van der Waals surface area (Å²) < 4.78 is 16.2. The topological polar surface area (TPSA) is 77.1 Å². The second-order valence-corrected chi connectivity index (χ2v) is 7.02. The van der Waals surface area contributed by atoms with E-state index in [0.717, 1.165) is 11.3 Å². The molecule has 0 bridgehead atoms. The van der Waals surface area contributed by atoms with Gasteiger partial charge in [-0.1, -0.05) is 17.7 Å². The molecule has 1 unspecified atom stereocenters. The van der Waals surface area contributed by atoms with Crippen LogP contribution >= 0.6 is 0 Å². The monoisotopic (exact) mass is 382 g/mol. The van der Waals surface area contributed by atoms with Gasteiger partial charge in [0.2, 0.25) is 12.7 Å². The van der Waals surface area contributed by atoms with E-state index >= 15 is 0 Å². The fourth-order valence-electron chi connectivity index (χ4n) is 3.31. The molecule has 1 saturated heterocycles. The minimum absolute atomic E-state index is 0.0361. The highest BCUT2D eigenvalue weighted by Gasteiger charge is 2.31. The summed E-state index contributed by atoms with van der Waals surface area (Å²) in [5, 5.41) is 2.85. The number of ether oxygens (including phenoxy) is 3. The third-order valence-electron chi connectivity index (χ3n) is 4.85. The highest BCUT2D eigenvalue weighted by atomic mass is 16.7. The number of carbonyl (C=O) groups is 2. The largest absolute Gasteiger partial charge is 0.484 e. The van der Waals surface area contributed by atoms with Crippen LogP contribution in [0.3, 0.4) is 0 Å². The predicted octanol–water partition coefficient (Wildman–Crippen LogP) is 2.27. The quantitative estimate of drug-likeness (QED) is 0.829. The van der Waals surface area contributed by atoms with Crippen molar-refractivity contribution < 1.29 is 23.8 Å². The van der Waals surface area contributed by atoms with E-state index in [0.29, 0.717) is 36.8 Å². The molecule has 2 aliphatic heterocycles. The van der Waals surface area contributed by atoms with Crippen LogP contribution in [-0.4, -0.2) is 38.3 Å². The van der Waals surface area contributed by atoms with E-state index in [1.807, 2.05) is 49.4 Å². The van der Waals surface area contributed by atoms with E-state index in [9.17, 15) is 9.59 Å². The molecule has 1 N–H and O–H groups in total. The lowest BCUT2D eigenvalue weighted by molar-refractivity contribution is -0.123. The molecule has 0 radical (unpaired) electrons. The number of nitrogens with one attached hydrogen (secondary N) is 1. The maximum atomic E-state index is 12.4. The van der Waals surface area contributed by atoms with Crippen molar-refractivity contribution in [3.8, 4) is 17.2 Å². The van der Waals surface area contributed by atoms with Gasteiger partial charge in [-0.2, -0.15) is 0 Å². The lowest BCUT2D eigenvalue weighted by Crippen LogP contribution is -2.34. The van der Waals surface area contributed by atoms with Crippen molar-refractivity contribution in [3.63, 3.8) is 0 Å². The van der Waals surface area contributed by atoms with Gasteiger partial charge in [0.05, 0.1) is 0 Å². The number of benzene rings is 2. The van der Waals surface area contributed by atoms with Crippen molar-refractivity contribution >= 4 is 17.5 Å². The van der Waals surface area contributed by atoms with Crippen LogP contribution in [0.5, 0.6) is 17.2 Å². The summed E-state index contributed by atoms with van der Waals surface area (Å²) in [6.45, 7) is 3.13. The minimum atomic E-state index is -0.199. The van der Waals surface area contributed by atoms with Crippen LogP contribution in [0.2, 0.25) is 0 Å². The number of hydrogen-bond acceptors (Lipinski definition) is 5. The molecule has 146 valence electrons. The Labute approximate surface area is 163 Å². The van der Waals surface area contributed by atoms with E-state index in [1.54, 1.807) is 4.90 Å². The van der Waals surface area contributed by atoms with Crippen LogP contribution < -0.4 is 24.4 Å². The average Bonchev–Trinajstić information content (AvgIpc) is 3.31. The van der Waals surface area contributed by atoms with Crippen molar-refractivity contribution in [2.45, 2.75) is 13.3 Å². The van der Waals surface area contributed by atoms with Crippen molar-refractivity contribution in [1.82, 2.24) is 5.32 Å². The molecule has 28 heavy (non-hydrogen) atoms. The summed E-state index contributed by atoms with van der Waals surface area (Å²) in [4.78, 5) is 26.1. The van der Waals surface area contributed by atoms with Crippen LogP contribution in [0.25, 0.3) is 0 Å². The number of rotatable bonds is 6. The van der Waals surface area contributed by atoms with Crippen molar-refractivity contribution in [2.24, 2.45) is 5.92 Å². The lowest BCUT2D eigenvalue weighted by Gasteiger charge is -2.17. The van der Waals surface area contributed by atoms with E-state index in [1.165, 1.54) is 0 Å². The van der Waals surface area contributed by atoms with Gasteiger partial charge in [0.1, 0.15) is 5.75 Å². The molecule has 2 aromatic carbocycles. The summed E-state index contributed by atoms with van der Waals surface area (Å²) in [5.41, 5.74) is 1.92. The molecule has 2 amide bonds. The zero-order valence-corrected chi connectivity index (χ0v) is 15.6. The zero-order chi connectivity index (χ0) is 19.5. The molecule has 0 spiro atoms. The summed E-state index contributed by atoms with van der Waals surface area (Å²) in [6, 6.07) is 13.0. The molecular weight excluding hydrogens is 360 g/mol. The second-order valence-electron chi connectivity index (χ2n) is 7.02. The first-order valence-corrected chi connectivity index (χ1v) is 9.24. The van der Waals surface area contributed by atoms with Gasteiger partial charge < -0.3 is 24.4 Å². The van der Waals surface area contributed by atoms with Gasteiger partial charge in [0, 0.05) is 37.2 Å². The molecule has 7 heteroatoms. The van der Waals surface area contributed by atoms with Crippen LogP contribution in [0, 0.1) is 12.8 Å². The number of aryl methyl sites for hydroxylation is 1. The number of nitrogens with zero attached hydrogens (tertiary/aromatic N) is 1. The van der Waals surface area contributed by atoms with E-state index in [4.69, 9.17) is 14.2 Å². The normalized spacial score (nSPS) is 17.7. The van der Waals surface area contributed by atoms with Gasteiger partial charge >= 0.3 is 0 Å². The molecule has 2 heterocycles. The number of hydrogen-bond donors (Lipinski definition) is 1. The first kappa shape index (κ1) is 18.2. The third-order valence-corrected chi connectivity index (χ3v) is 4.85. The van der Waals surface area contributed by atoms with E-state index in [2.05, 4.69) is 5.32 Å². The fourth-order valence-corrected chi connectivity index (χ4v) is 3.31. The summed E-state index contributed by atoms with van der Waals surface area (Å²) in [5.74, 6) is 1.89. The SMILES string of the molecule is Cc1ccc(OCC(=O)NCC2CC(=O)N(c3ccc4c(c3)OCO4)C2)cc1. The minimum Gasteiger partial charge on any atom is -0.484 e. The van der Waals surface area contributed by atoms with Gasteiger partial charge in [0.25, 0.3) is 5.91 Å². The number of anilines is 1. The number of amides is 2. The van der Waals surface area contributed by atoms with E-state index in [-0.39, 0.29) is 31.1 Å². The maximum absolute atomic E-state index is 12.4. The standard InChI is InChI=1S/C21H22N2O5/c1-14-2-5-17(6-3-14)26-12-20(24)22-10-15-8-21(25)23(11-15)16-4-7-18-19(9-16)28-13-27-18/h2-7,9,15H,8,10-13H2,1H3,(H,22,24). The van der Waals surface area contributed by atoms with Gasteiger partial charge in [-0.3, -0.25) is 9.59 Å². The molecular formula is C21H22N2O5. The molecule has 2 aliphatic rings. The third kappa shape index (κ3) is 4.03. The molecule has 0 aliphatic carbocycles. The van der Waals surface area contributed by atoms with Gasteiger partial charge in [-0.25, -0.2) is 0 Å². The maximum Gasteiger partial charge on any atom is 0.257 e. The molecule has 4 rings (SSSR count). The van der Waals surface area contributed by atoms with Crippen molar-refractivity contribution in [1.29, 1.82) is 0 Å². The highest BCUT2D eigenvalue weighted by molar-refractivity contribution is 5.96. The highest BCUT2D eigenvalue weighted by Crippen LogP contribution is 2.37. The summed E-state index contributed by atoms with van der Waals surface area (Å²) in [7, 11) is 0. The fraction of sp³-hybridized carbons (Fsp3) is 0.333. The van der Waals surface area contributed by atoms with Crippen molar-refractivity contribution in [2.75, 3.05) is 31.4 Å². The number of fused-ring (bicyclic) bond motifs is 1. The molecule has 0 saturated carbocycles. The summed E-state index contributed by atoms with van der Waals surface area (Å²) in [6.07, 6.45) is 0.396. The first-order valence-electron chi connectivity index (χ1n) is 9.24. The first-order chi connectivity index (χ1) is 13.6. The summed E-state index contributed by atoms with van der Waals surface area (Å²) >= 11 is 0. The Morgan fingerprint density at radius 3 is 2.79 bits per heavy atom. The molecule has 1 fully saturated rings. The molecule has 7 nitrogen and oxygen atoms in total. The van der Waals surface area contributed by atoms with Crippen LogP contribution in [-0.2, 0) is 9.59 Å². The van der Waals surface area contributed by atoms with Crippen molar-refractivity contribution in [3.05, 3.63) is 48.0 Å². The predicted molar refractivity (Wildman–Crippen MR) is 103 cm³/mol. The molecule has 2 aromatic rings. The Morgan fingerprint density at radius 1 is 1.18 bits per heavy atom. The number of carbonyl (C=O) groups excluding carboxylic acids is 2. The van der Waals surface area contributed by atoms with Crippen LogP contribution in [0.15, 0.2) is 42.5 Å². The Balaban J connectivity index is 1.26. The molecule has 0 aromatic heterocycles. The lowest BCUT2D eigenvalue weighted by atomic mass is 10.1. The van der Waals surface area contributed by atoms with Gasteiger partial charge in [-0.05, 0) is 31.2 Å². The van der Waals surface area contributed by atoms with Gasteiger partial charge in [0.15, 0.2) is 18.1 Å². The zero-order valence-electron chi connectivity index (χ0n) is 15.6. The van der Waals surface area contributed by atoms with E-state index < -0.39 is 0 Å².